The van der Waals surface area contributed by atoms with E-state index in [4.69, 9.17) is 0 Å². The van der Waals surface area contributed by atoms with E-state index in [1.807, 2.05) is 6.92 Å². The maximum Gasteiger partial charge on any atom is 0.249 e. The molecule has 0 radical (unpaired) electrons. The zero-order valence-corrected chi connectivity index (χ0v) is 5.79. The molecule has 0 spiro atoms. The van der Waals surface area contributed by atoms with Crippen molar-refractivity contribution in [2.24, 2.45) is 0 Å². The third-order valence-electron chi connectivity index (χ3n) is 0.895. The molecule has 0 aliphatic heterocycles. The second-order valence-corrected chi connectivity index (χ2v) is 1.64. The van der Waals surface area contributed by atoms with Gasteiger partial charge in [0.25, 0.3) is 0 Å². The van der Waals surface area contributed by atoms with Crippen LogP contribution in [0.1, 0.15) is 6.92 Å². The molecule has 1 amide bonds. The van der Waals surface area contributed by atoms with Crippen LogP contribution in [0.5, 0.6) is 0 Å². The van der Waals surface area contributed by atoms with Crippen LogP contribution in [0.15, 0.2) is 24.9 Å². The first-order valence-electron chi connectivity index (χ1n) is 2.74. The Hall–Kier alpha value is -1.05. The van der Waals surface area contributed by atoms with Crippen molar-refractivity contribution >= 4 is 5.91 Å². The Bertz CT molecular complexity index is 138. The van der Waals surface area contributed by atoms with Crippen molar-refractivity contribution in [3.05, 3.63) is 24.9 Å². The minimum absolute atomic E-state index is 0.0897. The monoisotopic (exact) mass is 125 g/mol. The number of allylic oxidation sites excluding steroid dienone is 1. The number of likely N-dealkylation sites (N-methyl/N-ethyl adjacent to an activating group) is 1. The highest BCUT2D eigenvalue weighted by Crippen LogP contribution is 1.85. The van der Waals surface area contributed by atoms with Crippen LogP contribution in [0.2, 0.25) is 0 Å². The van der Waals surface area contributed by atoms with E-state index in [0.29, 0.717) is 0 Å². The van der Waals surface area contributed by atoms with Crippen LogP contribution in [-0.4, -0.2) is 17.9 Å². The van der Waals surface area contributed by atoms with Gasteiger partial charge in [-0.25, -0.2) is 0 Å². The predicted molar refractivity (Wildman–Crippen MR) is 37.8 cm³/mol. The normalized spacial score (nSPS) is 9.56. The van der Waals surface area contributed by atoms with Gasteiger partial charge in [-0.15, -0.1) is 0 Å². The summed E-state index contributed by atoms with van der Waals surface area (Å²) < 4.78 is 0. The summed E-state index contributed by atoms with van der Waals surface area (Å²) in [5.41, 5.74) is 0. The molecule has 0 heterocycles. The Kier molecular flexibility index (Phi) is 3.44. The SMILES string of the molecule is C=CC(=O)N(C)/C=C\C. The largest absolute Gasteiger partial charge is 0.319 e. The average molecular weight is 125 g/mol. The lowest BCUT2D eigenvalue weighted by atomic mass is 10.5. The molecule has 0 rings (SSSR count). The highest BCUT2D eigenvalue weighted by molar-refractivity contribution is 5.87. The molecule has 0 fully saturated rings. The molecular weight excluding hydrogens is 114 g/mol. The molecule has 9 heavy (non-hydrogen) atoms. The van der Waals surface area contributed by atoms with Crippen LogP contribution in [0.3, 0.4) is 0 Å². The minimum Gasteiger partial charge on any atom is -0.319 e. The maximum absolute atomic E-state index is 10.7. The number of carbonyl (C=O) groups excluding carboxylic acids is 1. The quantitative estimate of drug-likeness (QED) is 0.507. The van der Waals surface area contributed by atoms with Crippen molar-refractivity contribution in [1.29, 1.82) is 0 Å². The number of carbonyl (C=O) groups is 1. The number of hydrogen-bond acceptors (Lipinski definition) is 1. The van der Waals surface area contributed by atoms with E-state index in [-0.39, 0.29) is 5.91 Å². The fourth-order valence-electron chi connectivity index (χ4n) is 0.441. The number of rotatable bonds is 2. The summed E-state index contributed by atoms with van der Waals surface area (Å²) in [5.74, 6) is -0.0897. The zero-order valence-electron chi connectivity index (χ0n) is 5.79. The summed E-state index contributed by atoms with van der Waals surface area (Å²) >= 11 is 0. The lowest BCUT2D eigenvalue weighted by molar-refractivity contribution is -0.122. The molecule has 0 N–H and O–H groups in total. The molecule has 0 saturated heterocycles. The fourth-order valence-corrected chi connectivity index (χ4v) is 0.441. The van der Waals surface area contributed by atoms with Gasteiger partial charge in [-0.3, -0.25) is 4.79 Å². The van der Waals surface area contributed by atoms with Crippen molar-refractivity contribution in [2.75, 3.05) is 7.05 Å². The highest BCUT2D eigenvalue weighted by Gasteiger charge is 1.95. The van der Waals surface area contributed by atoms with Crippen LogP contribution in [0, 0.1) is 0 Å². The number of nitrogens with zero attached hydrogens (tertiary/aromatic N) is 1. The third-order valence-corrected chi connectivity index (χ3v) is 0.895. The second kappa shape index (κ2) is 3.89. The van der Waals surface area contributed by atoms with Gasteiger partial charge < -0.3 is 4.90 Å². The fraction of sp³-hybridized carbons (Fsp3) is 0.286. The minimum atomic E-state index is -0.0897. The number of hydrogen-bond donors (Lipinski definition) is 0. The molecular formula is C7H11NO. The molecule has 0 unspecified atom stereocenters. The molecule has 50 valence electrons. The summed E-state index contributed by atoms with van der Waals surface area (Å²) in [4.78, 5) is 12.1. The molecule has 0 bridgehead atoms. The van der Waals surface area contributed by atoms with Gasteiger partial charge in [-0.2, -0.15) is 0 Å². The van der Waals surface area contributed by atoms with Crippen LogP contribution in [-0.2, 0) is 4.79 Å². The van der Waals surface area contributed by atoms with Gasteiger partial charge in [0.05, 0.1) is 0 Å². The van der Waals surface area contributed by atoms with Gasteiger partial charge in [-0.05, 0) is 13.0 Å². The van der Waals surface area contributed by atoms with Gasteiger partial charge in [0.2, 0.25) is 5.91 Å². The summed E-state index contributed by atoms with van der Waals surface area (Å²) in [6.45, 7) is 5.19. The molecule has 0 aliphatic rings. The summed E-state index contributed by atoms with van der Waals surface area (Å²) in [6, 6.07) is 0. The van der Waals surface area contributed by atoms with Crippen LogP contribution >= 0.6 is 0 Å². The van der Waals surface area contributed by atoms with Gasteiger partial charge in [0.1, 0.15) is 0 Å². The van der Waals surface area contributed by atoms with Crippen molar-refractivity contribution < 1.29 is 4.79 Å². The van der Waals surface area contributed by atoms with Crippen LogP contribution in [0.25, 0.3) is 0 Å². The molecule has 0 saturated carbocycles. The first kappa shape index (κ1) is 7.95. The molecule has 0 aliphatic carbocycles. The third kappa shape index (κ3) is 2.69. The van der Waals surface area contributed by atoms with E-state index < -0.39 is 0 Å². The zero-order chi connectivity index (χ0) is 7.28. The lowest BCUT2D eigenvalue weighted by Gasteiger charge is -2.06. The van der Waals surface area contributed by atoms with Crippen LogP contribution < -0.4 is 0 Å². The standard InChI is InChI=1S/C7H11NO/c1-4-6-8(3)7(9)5-2/h4-6H,2H2,1,3H3/b6-4-. The Balaban J connectivity index is 3.87. The van der Waals surface area contributed by atoms with Crippen molar-refractivity contribution in [1.82, 2.24) is 4.90 Å². The van der Waals surface area contributed by atoms with Gasteiger partial charge >= 0.3 is 0 Å². The Labute approximate surface area is 55.5 Å². The van der Waals surface area contributed by atoms with E-state index in [0.717, 1.165) is 0 Å². The molecule has 2 nitrogen and oxygen atoms in total. The molecule has 0 aromatic heterocycles. The topological polar surface area (TPSA) is 20.3 Å². The second-order valence-electron chi connectivity index (χ2n) is 1.64. The van der Waals surface area contributed by atoms with Crippen LogP contribution in [0.4, 0.5) is 0 Å². The molecule has 2 heteroatoms. The maximum atomic E-state index is 10.7. The smallest absolute Gasteiger partial charge is 0.249 e. The number of amides is 1. The Morgan fingerprint density at radius 2 is 2.22 bits per heavy atom. The van der Waals surface area contributed by atoms with Crippen molar-refractivity contribution in [3.8, 4) is 0 Å². The Morgan fingerprint density at radius 3 is 2.56 bits per heavy atom. The Morgan fingerprint density at radius 1 is 1.67 bits per heavy atom. The first-order valence-corrected chi connectivity index (χ1v) is 2.74. The van der Waals surface area contributed by atoms with E-state index in [2.05, 4.69) is 6.58 Å². The highest BCUT2D eigenvalue weighted by atomic mass is 16.2. The van der Waals surface area contributed by atoms with E-state index >= 15 is 0 Å². The average Bonchev–Trinajstić information content (AvgIpc) is 1.87. The summed E-state index contributed by atoms with van der Waals surface area (Å²) in [7, 11) is 1.68. The summed E-state index contributed by atoms with van der Waals surface area (Å²) in [6.07, 6.45) is 4.76. The molecule has 0 aromatic rings. The van der Waals surface area contributed by atoms with Crippen molar-refractivity contribution in [2.45, 2.75) is 6.92 Å². The summed E-state index contributed by atoms with van der Waals surface area (Å²) in [5, 5.41) is 0. The van der Waals surface area contributed by atoms with Gasteiger partial charge in [-0.1, -0.05) is 12.7 Å². The van der Waals surface area contributed by atoms with E-state index in [1.54, 1.807) is 19.3 Å². The van der Waals surface area contributed by atoms with E-state index in [1.165, 1.54) is 11.0 Å². The first-order chi connectivity index (χ1) is 4.22. The lowest BCUT2D eigenvalue weighted by Crippen LogP contribution is -2.17. The van der Waals surface area contributed by atoms with Gasteiger partial charge in [0, 0.05) is 13.2 Å². The van der Waals surface area contributed by atoms with Crippen molar-refractivity contribution in [3.63, 3.8) is 0 Å². The van der Waals surface area contributed by atoms with E-state index in [9.17, 15) is 4.79 Å². The predicted octanol–water partition coefficient (Wildman–Crippen LogP) is 1.16. The molecule has 0 aromatic carbocycles. The molecule has 0 atom stereocenters. The van der Waals surface area contributed by atoms with Gasteiger partial charge in [0.15, 0.2) is 0 Å².